The Bertz CT molecular complexity index is 1570. The van der Waals surface area contributed by atoms with E-state index in [9.17, 15) is 24.5 Å². The number of carbonyl (C=O) groups is 3. The van der Waals surface area contributed by atoms with Gasteiger partial charge in [0.2, 0.25) is 17.7 Å². The Morgan fingerprint density at radius 2 is 1.74 bits per heavy atom. The first-order chi connectivity index (χ1) is 18.8. The van der Waals surface area contributed by atoms with E-state index in [1.54, 1.807) is 35.4 Å². The molecule has 0 aliphatic carbocycles. The number of nitrogens with one attached hydrogen (secondary N) is 1. The molecule has 2 saturated heterocycles. The van der Waals surface area contributed by atoms with Gasteiger partial charge in [0, 0.05) is 18.0 Å². The minimum Gasteiger partial charge on any atom is -0.497 e. The molecule has 0 aromatic heterocycles. The normalized spacial score (nSPS) is 22.8. The van der Waals surface area contributed by atoms with Gasteiger partial charge in [0.1, 0.15) is 16.8 Å². The second-order valence-corrected chi connectivity index (χ2v) is 9.86. The maximum Gasteiger partial charge on any atom is 0.289 e. The number of nitro groups is 1. The molecule has 3 aromatic carbocycles. The van der Waals surface area contributed by atoms with Crippen LogP contribution in [0.25, 0.3) is 6.08 Å². The molecule has 3 aromatic rings. The molecule has 3 aliphatic rings. The molecule has 2 fully saturated rings. The molecular weight excluding hydrogens is 524 g/mol. The lowest BCUT2D eigenvalue weighted by Crippen LogP contribution is -2.46. The molecule has 4 atom stereocenters. The van der Waals surface area contributed by atoms with Gasteiger partial charge < -0.3 is 15.0 Å². The van der Waals surface area contributed by atoms with Crippen LogP contribution in [0.5, 0.6) is 5.75 Å². The van der Waals surface area contributed by atoms with Crippen LogP contribution in [-0.4, -0.2) is 40.7 Å². The van der Waals surface area contributed by atoms with Gasteiger partial charge in [-0.3, -0.25) is 24.5 Å². The third kappa shape index (κ3) is 3.83. The summed E-state index contributed by atoms with van der Waals surface area (Å²) in [5, 5.41) is 14.0. The predicted octanol–water partition coefficient (Wildman–Crippen LogP) is 4.41. The van der Waals surface area contributed by atoms with Gasteiger partial charge in [-0.05, 0) is 53.6 Å². The zero-order chi connectivity index (χ0) is 27.4. The SMILES string of the molecule is COc1ccc(N2C(=O)[C@@H]3[C@H](C2=O)C2c4ccccc4C=CN2[C@@H]3C(=O)Nc2ccc(Cl)c([N+](=O)[O-])c2)cc1. The second-order valence-electron chi connectivity index (χ2n) is 9.46. The monoisotopic (exact) mass is 544 g/mol. The first-order valence-corrected chi connectivity index (χ1v) is 12.5. The molecule has 0 bridgehead atoms. The van der Waals surface area contributed by atoms with Gasteiger partial charge in [-0.25, -0.2) is 4.90 Å². The predicted molar refractivity (Wildman–Crippen MR) is 143 cm³/mol. The van der Waals surface area contributed by atoms with Crippen LogP contribution in [0.1, 0.15) is 17.2 Å². The summed E-state index contributed by atoms with van der Waals surface area (Å²) in [5.41, 5.74) is 1.92. The van der Waals surface area contributed by atoms with Crippen molar-refractivity contribution in [3.63, 3.8) is 0 Å². The van der Waals surface area contributed by atoms with E-state index in [0.717, 1.165) is 22.1 Å². The number of nitro benzene ring substituents is 1. The number of methoxy groups -OCH3 is 1. The molecule has 196 valence electrons. The lowest BCUT2D eigenvalue weighted by molar-refractivity contribution is -0.384. The highest BCUT2D eigenvalue weighted by molar-refractivity contribution is 6.32. The molecule has 6 rings (SSSR count). The fraction of sp³-hybridized carbons (Fsp3) is 0.179. The lowest BCUT2D eigenvalue weighted by Gasteiger charge is -2.35. The zero-order valence-electron chi connectivity index (χ0n) is 20.5. The highest BCUT2D eigenvalue weighted by Crippen LogP contribution is 2.53. The zero-order valence-corrected chi connectivity index (χ0v) is 21.2. The summed E-state index contributed by atoms with van der Waals surface area (Å²) in [6.45, 7) is 0. The van der Waals surface area contributed by atoms with Crippen LogP contribution in [-0.2, 0) is 14.4 Å². The summed E-state index contributed by atoms with van der Waals surface area (Å²) in [4.78, 5) is 55.2. The van der Waals surface area contributed by atoms with E-state index >= 15 is 0 Å². The van der Waals surface area contributed by atoms with Gasteiger partial charge in [0.25, 0.3) is 5.69 Å². The average molecular weight is 545 g/mol. The number of ether oxygens (including phenoxy) is 1. The molecule has 39 heavy (non-hydrogen) atoms. The molecule has 3 aliphatic heterocycles. The third-order valence-corrected chi connectivity index (χ3v) is 7.79. The topological polar surface area (TPSA) is 122 Å². The van der Waals surface area contributed by atoms with Crippen molar-refractivity contribution in [3.8, 4) is 5.75 Å². The quantitative estimate of drug-likeness (QED) is 0.287. The van der Waals surface area contributed by atoms with Crippen molar-refractivity contribution < 1.29 is 24.0 Å². The molecule has 0 radical (unpaired) electrons. The Hall–Kier alpha value is -4.70. The van der Waals surface area contributed by atoms with Crippen molar-refractivity contribution in [2.45, 2.75) is 12.1 Å². The Kier molecular flexibility index (Phi) is 5.84. The van der Waals surface area contributed by atoms with E-state index in [4.69, 9.17) is 16.3 Å². The van der Waals surface area contributed by atoms with E-state index in [1.165, 1.54) is 19.2 Å². The molecule has 0 saturated carbocycles. The number of anilines is 2. The molecule has 3 heterocycles. The number of fused-ring (bicyclic) bond motifs is 5. The van der Waals surface area contributed by atoms with Crippen LogP contribution in [0, 0.1) is 22.0 Å². The first-order valence-electron chi connectivity index (χ1n) is 12.1. The van der Waals surface area contributed by atoms with E-state index in [0.29, 0.717) is 11.4 Å². The van der Waals surface area contributed by atoms with Crippen molar-refractivity contribution in [2.24, 2.45) is 11.8 Å². The number of hydrogen-bond acceptors (Lipinski definition) is 7. The summed E-state index contributed by atoms with van der Waals surface area (Å²) < 4.78 is 5.20. The first kappa shape index (κ1) is 24.6. The van der Waals surface area contributed by atoms with Crippen molar-refractivity contribution >= 4 is 52.5 Å². The molecule has 1 unspecified atom stereocenters. The molecule has 10 nitrogen and oxygen atoms in total. The number of amides is 3. The minimum absolute atomic E-state index is 0.0683. The number of imide groups is 1. The van der Waals surface area contributed by atoms with E-state index in [2.05, 4.69) is 5.32 Å². The van der Waals surface area contributed by atoms with Gasteiger partial charge in [0.15, 0.2) is 0 Å². The van der Waals surface area contributed by atoms with Crippen LogP contribution >= 0.6 is 11.6 Å². The van der Waals surface area contributed by atoms with Gasteiger partial charge >= 0.3 is 0 Å². The Morgan fingerprint density at radius 3 is 2.46 bits per heavy atom. The molecule has 3 amide bonds. The van der Waals surface area contributed by atoms with E-state index in [-0.39, 0.29) is 16.4 Å². The van der Waals surface area contributed by atoms with E-state index in [1.807, 2.05) is 30.3 Å². The van der Waals surface area contributed by atoms with Crippen LogP contribution in [0.2, 0.25) is 5.02 Å². The number of halogens is 1. The average Bonchev–Trinajstić information content (AvgIpc) is 3.42. The summed E-state index contributed by atoms with van der Waals surface area (Å²) in [6.07, 6.45) is 3.58. The molecule has 0 spiro atoms. The maximum absolute atomic E-state index is 13.9. The Morgan fingerprint density at radius 1 is 1.03 bits per heavy atom. The van der Waals surface area contributed by atoms with Gasteiger partial charge in [-0.15, -0.1) is 0 Å². The molecular formula is C28H21ClN4O6. The Labute approximate surface area is 227 Å². The van der Waals surface area contributed by atoms with Gasteiger partial charge in [-0.2, -0.15) is 0 Å². The fourth-order valence-electron chi connectivity index (χ4n) is 5.79. The van der Waals surface area contributed by atoms with Crippen molar-refractivity contribution in [3.05, 3.63) is 99.2 Å². The fourth-order valence-corrected chi connectivity index (χ4v) is 5.98. The summed E-state index contributed by atoms with van der Waals surface area (Å²) in [5.74, 6) is -2.68. The van der Waals surface area contributed by atoms with E-state index < -0.39 is 46.6 Å². The standard InChI is InChI=1S/C28H21ClN4O6/c1-39-18-9-7-17(8-10-18)32-27(35)22-23(28(32)36)25(31-13-12-15-4-2-3-5-19(15)24(22)31)26(34)30-16-6-11-20(29)21(14-16)33(37)38/h2-14,22-25H,1H3,(H,30,34)/t22-,23+,24?,25-/m0/s1. The highest BCUT2D eigenvalue weighted by Gasteiger charge is 2.64. The lowest BCUT2D eigenvalue weighted by atomic mass is 9.84. The molecule has 1 N–H and O–H groups in total. The maximum atomic E-state index is 13.9. The number of nitrogens with zero attached hydrogens (tertiary/aromatic N) is 3. The summed E-state index contributed by atoms with van der Waals surface area (Å²) in [7, 11) is 1.52. The van der Waals surface area contributed by atoms with Crippen LogP contribution < -0.4 is 15.0 Å². The van der Waals surface area contributed by atoms with Crippen molar-refractivity contribution in [1.29, 1.82) is 0 Å². The van der Waals surface area contributed by atoms with Crippen LogP contribution in [0.4, 0.5) is 17.1 Å². The second kappa shape index (κ2) is 9.25. The largest absolute Gasteiger partial charge is 0.497 e. The van der Waals surface area contributed by atoms with Crippen molar-refractivity contribution in [1.82, 2.24) is 4.90 Å². The Balaban J connectivity index is 1.41. The van der Waals surface area contributed by atoms with Gasteiger partial charge in [-0.1, -0.05) is 35.9 Å². The van der Waals surface area contributed by atoms with Crippen molar-refractivity contribution in [2.75, 3.05) is 17.3 Å². The summed E-state index contributed by atoms with van der Waals surface area (Å²) in [6, 6.07) is 16.5. The third-order valence-electron chi connectivity index (χ3n) is 7.47. The number of rotatable bonds is 5. The highest BCUT2D eigenvalue weighted by atomic mass is 35.5. The number of benzene rings is 3. The summed E-state index contributed by atoms with van der Waals surface area (Å²) >= 11 is 5.93. The van der Waals surface area contributed by atoms with Crippen LogP contribution in [0.15, 0.2) is 72.9 Å². The number of hydrogen-bond donors (Lipinski definition) is 1. The van der Waals surface area contributed by atoms with Crippen LogP contribution in [0.3, 0.4) is 0 Å². The smallest absolute Gasteiger partial charge is 0.289 e. The molecule has 11 heteroatoms. The minimum atomic E-state index is -1.04. The number of carbonyl (C=O) groups excluding carboxylic acids is 3. The van der Waals surface area contributed by atoms with Gasteiger partial charge in [0.05, 0.1) is 35.6 Å².